The molecular formula is C9H7Br2O. The van der Waals surface area contributed by atoms with Crippen LogP contribution in [0.25, 0.3) is 0 Å². The van der Waals surface area contributed by atoms with E-state index in [-0.39, 0.29) is 0 Å². The molecule has 1 aromatic rings. The fourth-order valence-electron chi connectivity index (χ4n) is 1.08. The molecule has 1 aliphatic rings. The van der Waals surface area contributed by atoms with Crippen molar-refractivity contribution in [3.63, 3.8) is 0 Å². The van der Waals surface area contributed by atoms with Crippen molar-refractivity contribution in [3.05, 3.63) is 32.7 Å². The minimum Gasteiger partial charge on any atom is -0.373 e. The van der Waals surface area contributed by atoms with Crippen LogP contribution in [0, 0.1) is 6.07 Å². The molecule has 1 radical (unpaired) electrons. The molecule has 0 aromatic heterocycles. The Morgan fingerprint density at radius 3 is 3.00 bits per heavy atom. The lowest BCUT2D eigenvalue weighted by Crippen LogP contribution is -1.94. The summed E-state index contributed by atoms with van der Waals surface area (Å²) < 4.78 is 7.25. The molecule has 0 saturated carbocycles. The van der Waals surface area contributed by atoms with Crippen LogP contribution in [-0.2, 0) is 11.2 Å². The molecule has 63 valence electrons. The number of hydrogen-bond acceptors (Lipinski definition) is 1. The molecule has 1 saturated heterocycles. The van der Waals surface area contributed by atoms with Crippen LogP contribution in [0.15, 0.2) is 21.1 Å². The highest BCUT2D eigenvalue weighted by Gasteiger charge is 2.23. The molecule has 1 heterocycles. The number of halogens is 2. The summed E-state index contributed by atoms with van der Waals surface area (Å²) in [6.07, 6.45) is 1.43. The third-order valence-electron chi connectivity index (χ3n) is 1.82. The van der Waals surface area contributed by atoms with E-state index in [4.69, 9.17) is 4.74 Å². The normalized spacial score (nSPS) is 21.0. The molecule has 12 heavy (non-hydrogen) atoms. The molecule has 1 fully saturated rings. The molecule has 1 atom stereocenters. The number of epoxide rings is 1. The van der Waals surface area contributed by atoms with Crippen LogP contribution in [-0.4, -0.2) is 12.7 Å². The average Bonchev–Trinajstić information content (AvgIpc) is 2.83. The van der Waals surface area contributed by atoms with Crippen LogP contribution in [0.4, 0.5) is 0 Å². The third kappa shape index (κ3) is 1.90. The molecule has 0 amide bonds. The van der Waals surface area contributed by atoms with Gasteiger partial charge in [-0.3, -0.25) is 0 Å². The molecular weight excluding hydrogens is 284 g/mol. The number of rotatable bonds is 2. The predicted molar refractivity (Wildman–Crippen MR) is 54.1 cm³/mol. The van der Waals surface area contributed by atoms with E-state index in [2.05, 4.69) is 44.0 Å². The van der Waals surface area contributed by atoms with E-state index >= 15 is 0 Å². The molecule has 0 aliphatic carbocycles. The zero-order valence-electron chi connectivity index (χ0n) is 6.31. The Balaban J connectivity index is 2.23. The minimum absolute atomic E-state index is 0.440. The maximum atomic E-state index is 5.16. The third-order valence-corrected chi connectivity index (χ3v) is 3.88. The molecule has 1 aromatic carbocycles. The van der Waals surface area contributed by atoms with Crippen molar-refractivity contribution in [2.45, 2.75) is 12.5 Å². The highest BCUT2D eigenvalue weighted by molar-refractivity contribution is 9.13. The topological polar surface area (TPSA) is 12.5 Å². The van der Waals surface area contributed by atoms with Crippen molar-refractivity contribution in [1.82, 2.24) is 0 Å². The molecule has 3 heteroatoms. The lowest BCUT2D eigenvalue weighted by Gasteiger charge is -2.02. The van der Waals surface area contributed by atoms with Crippen LogP contribution in [0.3, 0.4) is 0 Å². The van der Waals surface area contributed by atoms with Gasteiger partial charge in [0, 0.05) is 15.4 Å². The smallest absolute Gasteiger partial charge is 0.0850 e. The first-order valence-electron chi connectivity index (χ1n) is 3.73. The van der Waals surface area contributed by atoms with Gasteiger partial charge in [0.15, 0.2) is 0 Å². The lowest BCUT2D eigenvalue weighted by molar-refractivity contribution is 0.407. The molecule has 0 bridgehead atoms. The highest BCUT2D eigenvalue weighted by atomic mass is 79.9. The summed E-state index contributed by atoms with van der Waals surface area (Å²) in [5, 5.41) is 0. The summed E-state index contributed by atoms with van der Waals surface area (Å²) in [5.41, 5.74) is 1.28. The van der Waals surface area contributed by atoms with Gasteiger partial charge in [-0.05, 0) is 43.5 Å². The van der Waals surface area contributed by atoms with Crippen molar-refractivity contribution in [3.8, 4) is 0 Å². The molecule has 1 aliphatic heterocycles. The van der Waals surface area contributed by atoms with Gasteiger partial charge in [-0.2, -0.15) is 0 Å². The van der Waals surface area contributed by atoms with Crippen molar-refractivity contribution in [1.29, 1.82) is 0 Å². The Bertz CT molecular complexity index is 295. The second-order valence-corrected chi connectivity index (χ2v) is 4.38. The van der Waals surface area contributed by atoms with Crippen LogP contribution in [0.5, 0.6) is 0 Å². The molecule has 1 nitrogen and oxygen atoms in total. The van der Waals surface area contributed by atoms with E-state index in [1.54, 1.807) is 0 Å². The monoisotopic (exact) mass is 289 g/mol. The Morgan fingerprint density at radius 2 is 2.33 bits per heavy atom. The van der Waals surface area contributed by atoms with Crippen molar-refractivity contribution < 1.29 is 4.74 Å². The van der Waals surface area contributed by atoms with Crippen molar-refractivity contribution in [2.75, 3.05) is 6.61 Å². The van der Waals surface area contributed by atoms with Crippen LogP contribution >= 0.6 is 31.9 Å². The summed E-state index contributed by atoms with van der Waals surface area (Å²) in [5.74, 6) is 0. The largest absolute Gasteiger partial charge is 0.373 e. The van der Waals surface area contributed by atoms with Gasteiger partial charge in [-0.15, -0.1) is 0 Å². The summed E-state index contributed by atoms with van der Waals surface area (Å²) in [6.45, 7) is 0.905. The molecule has 2 rings (SSSR count). The summed E-state index contributed by atoms with van der Waals surface area (Å²) in [7, 11) is 0. The van der Waals surface area contributed by atoms with Crippen molar-refractivity contribution >= 4 is 31.9 Å². The first-order valence-corrected chi connectivity index (χ1v) is 5.32. The van der Waals surface area contributed by atoms with Crippen LogP contribution in [0.2, 0.25) is 0 Å². The Morgan fingerprint density at radius 1 is 1.58 bits per heavy atom. The maximum absolute atomic E-state index is 5.16. The van der Waals surface area contributed by atoms with Gasteiger partial charge in [0.2, 0.25) is 0 Å². The van der Waals surface area contributed by atoms with Gasteiger partial charge >= 0.3 is 0 Å². The lowest BCUT2D eigenvalue weighted by atomic mass is 10.1. The van der Waals surface area contributed by atoms with E-state index in [0.29, 0.717) is 6.10 Å². The highest BCUT2D eigenvalue weighted by Crippen LogP contribution is 2.29. The van der Waals surface area contributed by atoms with Crippen LogP contribution < -0.4 is 0 Å². The van der Waals surface area contributed by atoms with Crippen molar-refractivity contribution in [2.24, 2.45) is 0 Å². The first-order chi connectivity index (χ1) is 5.77. The van der Waals surface area contributed by atoms with E-state index in [1.807, 2.05) is 6.07 Å². The van der Waals surface area contributed by atoms with E-state index in [0.717, 1.165) is 22.0 Å². The molecule has 0 spiro atoms. The van der Waals surface area contributed by atoms with Gasteiger partial charge in [0.05, 0.1) is 12.7 Å². The SMILES string of the molecule is Brc1[c]ccc(CC2CO2)c1Br. The number of benzene rings is 1. The van der Waals surface area contributed by atoms with Gasteiger partial charge in [0.1, 0.15) is 0 Å². The molecule has 1 unspecified atom stereocenters. The minimum atomic E-state index is 0.440. The average molecular weight is 291 g/mol. The standard InChI is InChI=1S/C9H7Br2O/c10-8-3-1-2-6(9(8)11)4-7-5-12-7/h1-2,7H,4-5H2. The first kappa shape index (κ1) is 8.73. The second-order valence-electron chi connectivity index (χ2n) is 2.79. The van der Waals surface area contributed by atoms with E-state index in [1.165, 1.54) is 5.56 Å². The van der Waals surface area contributed by atoms with E-state index < -0.39 is 0 Å². The van der Waals surface area contributed by atoms with Crippen LogP contribution in [0.1, 0.15) is 5.56 Å². The zero-order valence-corrected chi connectivity index (χ0v) is 9.48. The molecule has 0 N–H and O–H groups in total. The van der Waals surface area contributed by atoms with E-state index in [9.17, 15) is 0 Å². The van der Waals surface area contributed by atoms with Gasteiger partial charge in [0.25, 0.3) is 0 Å². The number of hydrogen-bond donors (Lipinski definition) is 0. The maximum Gasteiger partial charge on any atom is 0.0850 e. The fourth-order valence-corrected chi connectivity index (χ4v) is 1.88. The summed E-state index contributed by atoms with van der Waals surface area (Å²) >= 11 is 6.92. The van der Waals surface area contributed by atoms with Gasteiger partial charge in [-0.1, -0.05) is 12.1 Å². The zero-order chi connectivity index (χ0) is 8.55. The Hall–Kier alpha value is 0.140. The van der Waals surface area contributed by atoms with Gasteiger partial charge in [-0.25, -0.2) is 0 Å². The predicted octanol–water partition coefficient (Wildman–Crippen LogP) is 2.95. The fraction of sp³-hybridized carbons (Fsp3) is 0.333. The summed E-state index contributed by atoms with van der Waals surface area (Å²) in [6, 6.07) is 7.05. The Labute approximate surface area is 88.4 Å². The second kappa shape index (κ2) is 3.48. The number of ether oxygens (including phenoxy) is 1. The summed E-state index contributed by atoms with van der Waals surface area (Å²) in [4.78, 5) is 0. The Kier molecular flexibility index (Phi) is 2.53. The van der Waals surface area contributed by atoms with Gasteiger partial charge < -0.3 is 4.74 Å². The quantitative estimate of drug-likeness (QED) is 0.763.